The van der Waals surface area contributed by atoms with Gasteiger partial charge in [-0.2, -0.15) is 0 Å². The Morgan fingerprint density at radius 2 is 1.79 bits per heavy atom. The summed E-state index contributed by atoms with van der Waals surface area (Å²) in [5.74, 6) is 0. The van der Waals surface area contributed by atoms with E-state index in [0.717, 1.165) is 0 Å². The SMILES string of the molecule is CC=C(C)C(C)(C)c1ccccc1C. The van der Waals surface area contributed by atoms with Gasteiger partial charge >= 0.3 is 0 Å². The summed E-state index contributed by atoms with van der Waals surface area (Å²) in [5, 5.41) is 0. The molecular weight excluding hydrogens is 168 g/mol. The van der Waals surface area contributed by atoms with Gasteiger partial charge in [0.2, 0.25) is 0 Å². The monoisotopic (exact) mass is 188 g/mol. The zero-order valence-electron chi connectivity index (χ0n) is 9.89. The predicted molar refractivity (Wildman–Crippen MR) is 63.6 cm³/mol. The van der Waals surface area contributed by atoms with E-state index >= 15 is 0 Å². The topological polar surface area (TPSA) is 0 Å². The van der Waals surface area contributed by atoms with E-state index in [-0.39, 0.29) is 5.41 Å². The van der Waals surface area contributed by atoms with Crippen LogP contribution in [0.2, 0.25) is 0 Å². The van der Waals surface area contributed by atoms with Crippen LogP contribution >= 0.6 is 0 Å². The second-order valence-electron chi connectivity index (χ2n) is 4.41. The van der Waals surface area contributed by atoms with Gasteiger partial charge in [0.1, 0.15) is 0 Å². The van der Waals surface area contributed by atoms with Crippen LogP contribution in [0.15, 0.2) is 35.9 Å². The highest BCUT2D eigenvalue weighted by atomic mass is 14.3. The van der Waals surface area contributed by atoms with Crippen LogP contribution in [0.1, 0.15) is 38.8 Å². The van der Waals surface area contributed by atoms with Crippen molar-refractivity contribution in [2.24, 2.45) is 0 Å². The Hall–Kier alpha value is -1.04. The third-order valence-corrected chi connectivity index (χ3v) is 3.24. The molecule has 0 nitrogen and oxygen atoms in total. The van der Waals surface area contributed by atoms with Gasteiger partial charge in [-0.25, -0.2) is 0 Å². The first-order valence-electron chi connectivity index (χ1n) is 5.19. The van der Waals surface area contributed by atoms with Gasteiger partial charge in [-0.05, 0) is 31.9 Å². The molecule has 1 aromatic rings. The van der Waals surface area contributed by atoms with Crippen molar-refractivity contribution in [2.75, 3.05) is 0 Å². The van der Waals surface area contributed by atoms with Gasteiger partial charge in [-0.1, -0.05) is 49.8 Å². The van der Waals surface area contributed by atoms with Crippen molar-refractivity contribution in [3.8, 4) is 0 Å². The Bertz CT molecular complexity index is 343. The van der Waals surface area contributed by atoms with Gasteiger partial charge in [-0.15, -0.1) is 0 Å². The zero-order chi connectivity index (χ0) is 10.8. The fraction of sp³-hybridized carbons (Fsp3) is 0.429. The molecule has 0 atom stereocenters. The van der Waals surface area contributed by atoms with E-state index in [0.29, 0.717) is 0 Å². The Labute approximate surface area is 87.7 Å². The van der Waals surface area contributed by atoms with Gasteiger partial charge < -0.3 is 0 Å². The van der Waals surface area contributed by atoms with Crippen molar-refractivity contribution < 1.29 is 0 Å². The molecule has 0 saturated carbocycles. The summed E-state index contributed by atoms with van der Waals surface area (Å²) in [7, 11) is 0. The summed E-state index contributed by atoms with van der Waals surface area (Å²) in [6, 6.07) is 8.62. The molecule has 0 aromatic heterocycles. The van der Waals surface area contributed by atoms with Gasteiger partial charge in [0.25, 0.3) is 0 Å². The van der Waals surface area contributed by atoms with Gasteiger partial charge in [0.05, 0.1) is 0 Å². The zero-order valence-corrected chi connectivity index (χ0v) is 9.89. The van der Waals surface area contributed by atoms with E-state index in [9.17, 15) is 0 Å². The van der Waals surface area contributed by atoms with E-state index in [1.54, 1.807) is 0 Å². The first-order valence-corrected chi connectivity index (χ1v) is 5.19. The standard InChI is InChI=1S/C14H20/c1-6-12(3)14(4,5)13-10-8-7-9-11(13)2/h6-10H,1-5H3. The fourth-order valence-corrected chi connectivity index (χ4v) is 1.85. The molecule has 0 unspecified atom stereocenters. The smallest absolute Gasteiger partial charge is 0.0105 e. The minimum Gasteiger partial charge on any atom is -0.0879 e. The van der Waals surface area contributed by atoms with Crippen molar-refractivity contribution in [3.05, 3.63) is 47.0 Å². The number of rotatable bonds is 2. The lowest BCUT2D eigenvalue weighted by atomic mass is 9.76. The first-order chi connectivity index (χ1) is 6.50. The molecule has 0 aliphatic rings. The quantitative estimate of drug-likeness (QED) is 0.609. The highest BCUT2D eigenvalue weighted by Gasteiger charge is 2.23. The van der Waals surface area contributed by atoms with Crippen LogP contribution in [-0.4, -0.2) is 0 Å². The lowest BCUT2D eigenvalue weighted by Crippen LogP contribution is -2.19. The van der Waals surface area contributed by atoms with Crippen LogP contribution in [0, 0.1) is 6.92 Å². The highest BCUT2D eigenvalue weighted by Crippen LogP contribution is 2.32. The molecule has 1 aromatic carbocycles. The van der Waals surface area contributed by atoms with Crippen molar-refractivity contribution in [3.63, 3.8) is 0 Å². The molecule has 0 heteroatoms. The summed E-state index contributed by atoms with van der Waals surface area (Å²) < 4.78 is 0. The molecule has 76 valence electrons. The average Bonchev–Trinajstić information content (AvgIpc) is 2.17. The molecule has 0 saturated heterocycles. The maximum atomic E-state index is 2.28. The molecule has 0 fully saturated rings. The Morgan fingerprint density at radius 3 is 2.29 bits per heavy atom. The lowest BCUT2D eigenvalue weighted by molar-refractivity contribution is 0.618. The Balaban J connectivity index is 3.23. The number of allylic oxidation sites excluding steroid dienone is 2. The maximum absolute atomic E-state index is 2.28. The normalized spacial score (nSPS) is 13.1. The molecule has 0 spiro atoms. The molecule has 0 radical (unpaired) electrons. The number of hydrogen-bond donors (Lipinski definition) is 0. The summed E-state index contributed by atoms with van der Waals surface area (Å²) in [6.45, 7) is 11.1. The summed E-state index contributed by atoms with van der Waals surface area (Å²) in [5.41, 5.74) is 4.38. The van der Waals surface area contributed by atoms with Crippen LogP contribution in [0.3, 0.4) is 0 Å². The summed E-state index contributed by atoms with van der Waals surface area (Å²) in [4.78, 5) is 0. The number of aryl methyl sites for hydroxylation is 1. The highest BCUT2D eigenvalue weighted by molar-refractivity contribution is 5.38. The molecule has 0 aliphatic heterocycles. The van der Waals surface area contributed by atoms with Crippen LogP contribution in [0.25, 0.3) is 0 Å². The Morgan fingerprint density at radius 1 is 1.21 bits per heavy atom. The van der Waals surface area contributed by atoms with Gasteiger partial charge in [0, 0.05) is 5.41 Å². The van der Waals surface area contributed by atoms with Crippen LogP contribution in [-0.2, 0) is 5.41 Å². The molecule has 0 amide bonds. The summed E-state index contributed by atoms with van der Waals surface area (Å²) >= 11 is 0. The third kappa shape index (κ3) is 1.89. The number of hydrogen-bond acceptors (Lipinski definition) is 0. The van der Waals surface area contributed by atoms with Crippen molar-refractivity contribution >= 4 is 0 Å². The minimum absolute atomic E-state index is 0.153. The third-order valence-electron chi connectivity index (χ3n) is 3.24. The maximum Gasteiger partial charge on any atom is 0.0105 e. The van der Waals surface area contributed by atoms with Crippen LogP contribution in [0.4, 0.5) is 0 Å². The molecule has 0 bridgehead atoms. The molecular formula is C14H20. The average molecular weight is 188 g/mol. The van der Waals surface area contributed by atoms with E-state index in [4.69, 9.17) is 0 Å². The predicted octanol–water partition coefficient (Wildman–Crippen LogP) is 4.24. The number of benzene rings is 1. The Kier molecular flexibility index (Phi) is 3.15. The molecule has 0 aliphatic carbocycles. The molecule has 0 heterocycles. The molecule has 1 rings (SSSR count). The second-order valence-corrected chi connectivity index (χ2v) is 4.41. The fourth-order valence-electron chi connectivity index (χ4n) is 1.85. The molecule has 14 heavy (non-hydrogen) atoms. The lowest BCUT2D eigenvalue weighted by Gasteiger charge is -2.28. The van der Waals surface area contributed by atoms with Gasteiger partial charge in [-0.3, -0.25) is 0 Å². The van der Waals surface area contributed by atoms with E-state index in [1.807, 2.05) is 0 Å². The van der Waals surface area contributed by atoms with E-state index in [2.05, 4.69) is 65.0 Å². The van der Waals surface area contributed by atoms with Crippen LogP contribution in [0.5, 0.6) is 0 Å². The largest absolute Gasteiger partial charge is 0.0879 e. The van der Waals surface area contributed by atoms with Crippen molar-refractivity contribution in [1.29, 1.82) is 0 Å². The minimum atomic E-state index is 0.153. The van der Waals surface area contributed by atoms with E-state index < -0.39 is 0 Å². The van der Waals surface area contributed by atoms with Crippen LogP contribution < -0.4 is 0 Å². The van der Waals surface area contributed by atoms with Crippen molar-refractivity contribution in [2.45, 2.75) is 40.0 Å². The summed E-state index contributed by atoms with van der Waals surface area (Å²) in [6.07, 6.45) is 2.20. The van der Waals surface area contributed by atoms with Gasteiger partial charge in [0.15, 0.2) is 0 Å². The first kappa shape index (κ1) is 11.0. The van der Waals surface area contributed by atoms with Crippen molar-refractivity contribution in [1.82, 2.24) is 0 Å². The molecule has 0 N–H and O–H groups in total. The second kappa shape index (κ2) is 4.00. The van der Waals surface area contributed by atoms with E-state index in [1.165, 1.54) is 16.7 Å².